The first-order valence-electron chi connectivity index (χ1n) is 9.57. The lowest BCUT2D eigenvalue weighted by atomic mass is 9.94. The number of fused-ring (bicyclic) bond motifs is 1. The van der Waals surface area contributed by atoms with Gasteiger partial charge in [-0.3, -0.25) is 0 Å². The zero-order valence-corrected chi connectivity index (χ0v) is 15.8. The highest BCUT2D eigenvalue weighted by Gasteiger charge is 2.33. The molecule has 27 heavy (non-hydrogen) atoms. The van der Waals surface area contributed by atoms with Crippen LogP contribution < -0.4 is 10.6 Å². The van der Waals surface area contributed by atoms with Crippen molar-refractivity contribution in [3.8, 4) is 6.07 Å². The quantitative estimate of drug-likeness (QED) is 0.687. The number of nitrogens with one attached hydrogen (secondary N) is 2. The van der Waals surface area contributed by atoms with E-state index in [1.54, 1.807) is 12.1 Å². The van der Waals surface area contributed by atoms with Crippen molar-refractivity contribution in [2.75, 3.05) is 13.1 Å². The lowest BCUT2D eigenvalue weighted by Crippen LogP contribution is -2.42. The maximum atomic E-state index is 13.3. The summed E-state index contributed by atoms with van der Waals surface area (Å²) in [6.07, 6.45) is 1.68. The van der Waals surface area contributed by atoms with Crippen molar-refractivity contribution in [3.63, 3.8) is 0 Å². The number of ether oxygens (including phenoxy) is 1. The van der Waals surface area contributed by atoms with E-state index in [0.29, 0.717) is 5.56 Å². The zero-order valence-electron chi connectivity index (χ0n) is 15.8. The molecule has 2 aromatic rings. The van der Waals surface area contributed by atoms with Gasteiger partial charge in [0.2, 0.25) is 0 Å². The van der Waals surface area contributed by atoms with Crippen molar-refractivity contribution in [3.05, 3.63) is 70.5 Å². The second-order valence-corrected chi connectivity index (χ2v) is 6.76. The van der Waals surface area contributed by atoms with Gasteiger partial charge in [-0.1, -0.05) is 32.0 Å². The molecule has 2 aromatic carbocycles. The van der Waals surface area contributed by atoms with Crippen LogP contribution in [0.2, 0.25) is 0 Å². The van der Waals surface area contributed by atoms with Gasteiger partial charge in [-0.15, -0.1) is 0 Å². The van der Waals surface area contributed by atoms with Crippen LogP contribution >= 0.6 is 0 Å². The Labute approximate surface area is 160 Å². The predicted molar refractivity (Wildman–Crippen MR) is 104 cm³/mol. The molecule has 0 spiro atoms. The fourth-order valence-corrected chi connectivity index (χ4v) is 3.68. The molecule has 2 unspecified atom stereocenters. The molecule has 0 amide bonds. The van der Waals surface area contributed by atoms with E-state index in [1.165, 1.54) is 12.1 Å². The van der Waals surface area contributed by atoms with Crippen LogP contribution in [0.25, 0.3) is 0 Å². The Morgan fingerprint density at radius 2 is 1.78 bits per heavy atom. The first kappa shape index (κ1) is 19.5. The number of benzene rings is 2. The van der Waals surface area contributed by atoms with E-state index < -0.39 is 0 Å². The maximum absolute atomic E-state index is 13.3. The molecule has 0 aromatic heterocycles. The second-order valence-electron chi connectivity index (χ2n) is 6.76. The third kappa shape index (κ3) is 4.54. The van der Waals surface area contributed by atoms with E-state index in [2.05, 4.69) is 30.6 Å². The molecule has 0 radical (unpaired) electrons. The molecule has 5 heteroatoms. The summed E-state index contributed by atoms with van der Waals surface area (Å²) in [7, 11) is 0. The lowest BCUT2D eigenvalue weighted by molar-refractivity contribution is 0.0251. The normalized spacial score (nSPS) is 18.5. The molecule has 0 fully saturated rings. The number of hydrogen-bond donors (Lipinski definition) is 2. The standard InChI is InChI=1S/C22H26FN3O/c1-3-25-21(26-4-2)12-11-20-19-13-15(14-24)5-10-18(19)22(27-20)16-6-8-17(23)9-7-16/h5-10,13,20-22,25-26H,3-4,11-12H2,1-2H3. The summed E-state index contributed by atoms with van der Waals surface area (Å²) in [5, 5.41) is 16.2. The van der Waals surface area contributed by atoms with Crippen LogP contribution in [0.5, 0.6) is 0 Å². The van der Waals surface area contributed by atoms with Crippen LogP contribution in [0.4, 0.5) is 4.39 Å². The molecule has 1 aliphatic rings. The Hall–Kier alpha value is -2.26. The number of nitriles is 1. The smallest absolute Gasteiger partial charge is 0.123 e. The summed E-state index contributed by atoms with van der Waals surface area (Å²) in [5.41, 5.74) is 3.70. The Morgan fingerprint density at radius 3 is 2.41 bits per heavy atom. The van der Waals surface area contributed by atoms with E-state index in [1.807, 2.05) is 18.2 Å². The first-order valence-corrected chi connectivity index (χ1v) is 9.57. The third-order valence-corrected chi connectivity index (χ3v) is 4.94. The molecule has 4 nitrogen and oxygen atoms in total. The predicted octanol–water partition coefficient (Wildman–Crippen LogP) is 4.18. The molecule has 0 aliphatic carbocycles. The maximum Gasteiger partial charge on any atom is 0.123 e. The SMILES string of the molecule is CCNC(CCC1OC(c2ccc(F)cc2)c2ccc(C#N)cc21)NCC. The first-order chi connectivity index (χ1) is 13.2. The average molecular weight is 367 g/mol. The highest BCUT2D eigenvalue weighted by Crippen LogP contribution is 2.45. The second kappa shape index (κ2) is 9.09. The summed E-state index contributed by atoms with van der Waals surface area (Å²) in [4.78, 5) is 0. The fraction of sp³-hybridized carbons (Fsp3) is 0.409. The minimum atomic E-state index is -0.257. The van der Waals surface area contributed by atoms with Crippen LogP contribution in [0.1, 0.15) is 61.2 Å². The largest absolute Gasteiger partial charge is 0.361 e. The molecule has 2 atom stereocenters. The van der Waals surface area contributed by atoms with Gasteiger partial charge in [0.1, 0.15) is 11.9 Å². The van der Waals surface area contributed by atoms with Crippen molar-refractivity contribution in [2.24, 2.45) is 0 Å². The average Bonchev–Trinajstić information content (AvgIpc) is 3.05. The van der Waals surface area contributed by atoms with Gasteiger partial charge in [0.15, 0.2) is 0 Å². The van der Waals surface area contributed by atoms with Crippen molar-refractivity contribution < 1.29 is 9.13 Å². The minimum Gasteiger partial charge on any atom is -0.361 e. The van der Waals surface area contributed by atoms with E-state index in [9.17, 15) is 9.65 Å². The van der Waals surface area contributed by atoms with E-state index in [-0.39, 0.29) is 24.2 Å². The van der Waals surface area contributed by atoms with Crippen LogP contribution in [-0.4, -0.2) is 19.3 Å². The van der Waals surface area contributed by atoms with Crippen LogP contribution in [0.3, 0.4) is 0 Å². The van der Waals surface area contributed by atoms with Crippen LogP contribution in [0, 0.1) is 17.1 Å². The highest BCUT2D eigenvalue weighted by atomic mass is 19.1. The van der Waals surface area contributed by atoms with Crippen molar-refractivity contribution in [2.45, 2.75) is 45.1 Å². The topological polar surface area (TPSA) is 57.1 Å². The van der Waals surface area contributed by atoms with E-state index in [4.69, 9.17) is 4.74 Å². The molecule has 142 valence electrons. The van der Waals surface area contributed by atoms with Crippen molar-refractivity contribution >= 4 is 0 Å². The summed E-state index contributed by atoms with van der Waals surface area (Å²) < 4.78 is 19.7. The molecule has 0 saturated heterocycles. The molecule has 1 aliphatic heterocycles. The molecule has 3 rings (SSSR count). The van der Waals surface area contributed by atoms with Gasteiger partial charge in [-0.05, 0) is 66.9 Å². The number of nitrogens with zero attached hydrogens (tertiary/aromatic N) is 1. The molecule has 2 N–H and O–H groups in total. The van der Waals surface area contributed by atoms with Gasteiger partial charge in [-0.2, -0.15) is 5.26 Å². The summed E-state index contributed by atoms with van der Waals surface area (Å²) in [5.74, 6) is -0.257. The van der Waals surface area contributed by atoms with Crippen LogP contribution in [-0.2, 0) is 4.74 Å². The molecular formula is C22H26FN3O. The molecule has 0 bridgehead atoms. The lowest BCUT2D eigenvalue weighted by Gasteiger charge is -2.21. The zero-order chi connectivity index (χ0) is 19.2. The van der Waals surface area contributed by atoms with Crippen LogP contribution in [0.15, 0.2) is 42.5 Å². The minimum absolute atomic E-state index is 0.0804. The van der Waals surface area contributed by atoms with Gasteiger partial charge in [0, 0.05) is 0 Å². The summed E-state index contributed by atoms with van der Waals surface area (Å²) >= 11 is 0. The summed E-state index contributed by atoms with van der Waals surface area (Å²) in [6.45, 7) is 5.98. The Kier molecular flexibility index (Phi) is 6.57. The highest BCUT2D eigenvalue weighted by molar-refractivity contribution is 5.45. The van der Waals surface area contributed by atoms with E-state index >= 15 is 0 Å². The summed E-state index contributed by atoms with van der Waals surface area (Å²) in [6, 6.07) is 14.4. The van der Waals surface area contributed by atoms with Gasteiger partial charge in [-0.25, -0.2) is 4.39 Å². The Balaban J connectivity index is 1.83. The third-order valence-electron chi connectivity index (χ3n) is 4.94. The van der Waals surface area contributed by atoms with Gasteiger partial charge < -0.3 is 15.4 Å². The van der Waals surface area contributed by atoms with E-state index in [0.717, 1.165) is 42.6 Å². The van der Waals surface area contributed by atoms with Gasteiger partial charge in [0.05, 0.1) is 23.9 Å². The monoisotopic (exact) mass is 367 g/mol. The number of halogens is 1. The van der Waals surface area contributed by atoms with Gasteiger partial charge >= 0.3 is 0 Å². The molecular weight excluding hydrogens is 341 g/mol. The fourth-order valence-electron chi connectivity index (χ4n) is 3.68. The molecule has 0 saturated carbocycles. The van der Waals surface area contributed by atoms with Crippen molar-refractivity contribution in [1.82, 2.24) is 10.6 Å². The van der Waals surface area contributed by atoms with Crippen molar-refractivity contribution in [1.29, 1.82) is 5.26 Å². The molecule has 1 heterocycles. The Bertz CT molecular complexity index is 794. The van der Waals surface area contributed by atoms with Gasteiger partial charge in [0.25, 0.3) is 0 Å². The number of hydrogen-bond acceptors (Lipinski definition) is 4. The number of rotatable bonds is 8. The Morgan fingerprint density at radius 1 is 1.07 bits per heavy atom.